The van der Waals surface area contributed by atoms with Crippen LogP contribution in [-0.2, 0) is 9.53 Å². The van der Waals surface area contributed by atoms with Gasteiger partial charge in [0.05, 0.1) is 13.2 Å². The first-order valence-corrected chi connectivity index (χ1v) is 9.06. The van der Waals surface area contributed by atoms with Crippen molar-refractivity contribution >= 4 is 22.7 Å². The van der Waals surface area contributed by atoms with Crippen LogP contribution in [0.1, 0.15) is 23.3 Å². The quantitative estimate of drug-likeness (QED) is 0.892. The zero-order valence-corrected chi connectivity index (χ0v) is 14.5. The van der Waals surface area contributed by atoms with E-state index in [9.17, 15) is 14.0 Å². The number of morpholine rings is 1. The summed E-state index contributed by atoms with van der Waals surface area (Å²) in [7, 11) is 0. The van der Waals surface area contributed by atoms with Crippen LogP contribution < -0.4 is 0 Å². The Morgan fingerprint density at radius 2 is 1.77 bits per heavy atom. The van der Waals surface area contributed by atoms with Crippen LogP contribution in [0.2, 0.25) is 0 Å². The van der Waals surface area contributed by atoms with Gasteiger partial charge in [-0.15, -0.1) is 0 Å². The number of aromatic nitrogens is 1. The molecule has 0 unspecified atom stereocenters. The number of nitrogens with one attached hydrogen (secondary N) is 1. The first-order valence-electron chi connectivity index (χ1n) is 9.06. The fourth-order valence-electron chi connectivity index (χ4n) is 3.76. The molecule has 0 radical (unpaired) electrons. The number of hydrogen-bond acceptors (Lipinski definition) is 3. The lowest BCUT2D eigenvalue weighted by Crippen LogP contribution is -2.47. The average Bonchev–Trinajstić information content (AvgIpc) is 3.11. The van der Waals surface area contributed by atoms with Gasteiger partial charge in [0.25, 0.3) is 5.91 Å². The maximum Gasteiger partial charge on any atom is 0.270 e. The monoisotopic (exact) mass is 359 g/mol. The molecule has 4 rings (SSSR count). The predicted molar refractivity (Wildman–Crippen MR) is 94.3 cm³/mol. The topological polar surface area (TPSA) is 65.6 Å². The van der Waals surface area contributed by atoms with Gasteiger partial charge >= 0.3 is 0 Å². The number of amides is 2. The molecule has 0 saturated carbocycles. The van der Waals surface area contributed by atoms with Crippen molar-refractivity contribution in [2.45, 2.75) is 12.8 Å². The molecule has 1 N–H and O–H groups in total. The average molecular weight is 359 g/mol. The number of fused-ring (bicyclic) bond motifs is 1. The molecule has 0 spiro atoms. The normalized spacial score (nSPS) is 19.1. The molecule has 2 aromatic rings. The predicted octanol–water partition coefficient (Wildman–Crippen LogP) is 2.02. The van der Waals surface area contributed by atoms with Gasteiger partial charge in [0, 0.05) is 43.0 Å². The number of likely N-dealkylation sites (tertiary alicyclic amines) is 1. The first-order chi connectivity index (χ1) is 12.6. The molecular weight excluding hydrogens is 337 g/mol. The minimum atomic E-state index is -0.321. The molecule has 26 heavy (non-hydrogen) atoms. The van der Waals surface area contributed by atoms with Crippen molar-refractivity contribution in [1.29, 1.82) is 0 Å². The third-order valence-electron chi connectivity index (χ3n) is 5.27. The fraction of sp³-hybridized carbons (Fsp3) is 0.474. The zero-order valence-electron chi connectivity index (χ0n) is 14.5. The summed E-state index contributed by atoms with van der Waals surface area (Å²) in [6.45, 7) is 3.63. The number of nitrogens with zero attached hydrogens (tertiary/aromatic N) is 2. The van der Waals surface area contributed by atoms with E-state index >= 15 is 0 Å². The molecule has 2 fully saturated rings. The van der Waals surface area contributed by atoms with E-state index < -0.39 is 0 Å². The highest BCUT2D eigenvalue weighted by Crippen LogP contribution is 2.23. The lowest BCUT2D eigenvalue weighted by atomic mass is 9.95. The van der Waals surface area contributed by atoms with Crippen LogP contribution in [0, 0.1) is 11.7 Å². The highest BCUT2D eigenvalue weighted by Gasteiger charge is 2.31. The van der Waals surface area contributed by atoms with Crippen molar-refractivity contribution in [3.05, 3.63) is 35.8 Å². The van der Waals surface area contributed by atoms with E-state index in [1.165, 1.54) is 12.1 Å². The number of benzene rings is 1. The molecule has 138 valence electrons. The third-order valence-corrected chi connectivity index (χ3v) is 5.27. The number of hydrogen-bond donors (Lipinski definition) is 1. The van der Waals surface area contributed by atoms with Crippen molar-refractivity contribution in [3.63, 3.8) is 0 Å². The zero-order chi connectivity index (χ0) is 18.1. The molecule has 0 atom stereocenters. The lowest BCUT2D eigenvalue weighted by Gasteiger charge is -2.35. The van der Waals surface area contributed by atoms with E-state index in [1.807, 2.05) is 4.90 Å². The maximum atomic E-state index is 13.3. The minimum Gasteiger partial charge on any atom is -0.378 e. The number of ether oxygens (including phenoxy) is 1. The largest absolute Gasteiger partial charge is 0.378 e. The summed E-state index contributed by atoms with van der Waals surface area (Å²) in [5, 5.41) is 0.686. The number of rotatable bonds is 2. The van der Waals surface area contributed by atoms with E-state index in [0.717, 1.165) is 5.52 Å². The lowest BCUT2D eigenvalue weighted by molar-refractivity contribution is -0.141. The van der Waals surface area contributed by atoms with Gasteiger partial charge in [0.2, 0.25) is 5.91 Å². The van der Waals surface area contributed by atoms with Crippen LogP contribution in [0.15, 0.2) is 24.3 Å². The van der Waals surface area contributed by atoms with Gasteiger partial charge in [-0.05, 0) is 37.1 Å². The molecular formula is C19H22FN3O3. The Morgan fingerprint density at radius 3 is 2.50 bits per heavy atom. The molecule has 2 aliphatic rings. The van der Waals surface area contributed by atoms with Gasteiger partial charge in [0.1, 0.15) is 11.5 Å². The second-order valence-corrected chi connectivity index (χ2v) is 6.92. The number of carbonyl (C=O) groups excluding carboxylic acids is 2. The van der Waals surface area contributed by atoms with Gasteiger partial charge in [-0.2, -0.15) is 0 Å². The number of piperidine rings is 1. The molecule has 2 aliphatic heterocycles. The Labute approximate surface area is 150 Å². The van der Waals surface area contributed by atoms with Crippen molar-refractivity contribution < 1.29 is 18.7 Å². The Hall–Kier alpha value is -2.41. The van der Waals surface area contributed by atoms with Crippen LogP contribution in [0.25, 0.3) is 10.9 Å². The molecule has 6 nitrogen and oxygen atoms in total. The second kappa shape index (κ2) is 7.07. The molecule has 7 heteroatoms. The Morgan fingerprint density at radius 1 is 1.04 bits per heavy atom. The van der Waals surface area contributed by atoms with Gasteiger partial charge in [-0.3, -0.25) is 9.59 Å². The molecule has 3 heterocycles. The highest BCUT2D eigenvalue weighted by molar-refractivity contribution is 5.98. The second-order valence-electron chi connectivity index (χ2n) is 6.92. The van der Waals surface area contributed by atoms with Crippen molar-refractivity contribution in [2.75, 3.05) is 39.4 Å². The van der Waals surface area contributed by atoms with Crippen LogP contribution in [-0.4, -0.2) is 66.0 Å². The molecule has 2 amide bonds. The fourth-order valence-corrected chi connectivity index (χ4v) is 3.76. The van der Waals surface area contributed by atoms with E-state index in [1.54, 1.807) is 17.0 Å². The molecule has 1 aromatic carbocycles. The summed E-state index contributed by atoms with van der Waals surface area (Å²) in [6.07, 6.45) is 1.35. The summed E-state index contributed by atoms with van der Waals surface area (Å²) >= 11 is 0. The first kappa shape index (κ1) is 17.0. The molecule has 1 aromatic heterocycles. The molecule has 2 saturated heterocycles. The number of carbonyl (C=O) groups is 2. The number of halogens is 1. The van der Waals surface area contributed by atoms with E-state index in [-0.39, 0.29) is 23.5 Å². The molecule has 0 bridgehead atoms. The van der Waals surface area contributed by atoms with Gasteiger partial charge in [-0.25, -0.2) is 4.39 Å². The Kier molecular flexibility index (Phi) is 4.63. The summed E-state index contributed by atoms with van der Waals surface area (Å²) in [6, 6.07) is 6.10. The smallest absolute Gasteiger partial charge is 0.270 e. The Balaban J connectivity index is 1.38. The summed E-state index contributed by atoms with van der Waals surface area (Å²) in [5.41, 5.74) is 1.20. The standard InChI is InChI=1S/C19H22FN3O3/c20-15-1-2-16-14(11-15)12-17(21-16)19(25)22-5-3-13(4-6-22)18(24)23-7-9-26-10-8-23/h1-2,11-13,21H,3-10H2. The van der Waals surface area contributed by atoms with Crippen LogP contribution >= 0.6 is 0 Å². The van der Waals surface area contributed by atoms with Crippen molar-refractivity contribution in [2.24, 2.45) is 5.92 Å². The van der Waals surface area contributed by atoms with Crippen LogP contribution in [0.3, 0.4) is 0 Å². The van der Waals surface area contributed by atoms with Crippen LogP contribution in [0.5, 0.6) is 0 Å². The SMILES string of the molecule is O=C(c1cc2cc(F)ccc2[nH]1)N1CCC(C(=O)N2CCOCC2)CC1. The summed E-state index contributed by atoms with van der Waals surface area (Å²) in [4.78, 5) is 32.0. The van der Waals surface area contributed by atoms with E-state index in [4.69, 9.17) is 4.74 Å². The summed E-state index contributed by atoms with van der Waals surface area (Å²) in [5.74, 6) is -0.257. The van der Waals surface area contributed by atoms with E-state index in [0.29, 0.717) is 63.3 Å². The highest BCUT2D eigenvalue weighted by atomic mass is 19.1. The van der Waals surface area contributed by atoms with E-state index in [2.05, 4.69) is 4.98 Å². The molecule has 0 aliphatic carbocycles. The minimum absolute atomic E-state index is 0.0195. The van der Waals surface area contributed by atoms with Crippen LogP contribution in [0.4, 0.5) is 4.39 Å². The number of H-pyrrole nitrogens is 1. The Bertz CT molecular complexity index is 821. The maximum absolute atomic E-state index is 13.3. The third kappa shape index (κ3) is 3.31. The summed E-state index contributed by atoms with van der Waals surface area (Å²) < 4.78 is 18.6. The van der Waals surface area contributed by atoms with Gasteiger partial charge in [-0.1, -0.05) is 0 Å². The number of aromatic amines is 1. The van der Waals surface area contributed by atoms with Gasteiger partial charge < -0.3 is 19.5 Å². The van der Waals surface area contributed by atoms with Gasteiger partial charge in [0.15, 0.2) is 0 Å². The van der Waals surface area contributed by atoms with Crippen molar-refractivity contribution in [3.8, 4) is 0 Å². The van der Waals surface area contributed by atoms with Crippen molar-refractivity contribution in [1.82, 2.24) is 14.8 Å².